The molecule has 16 heavy (non-hydrogen) atoms. The van der Waals surface area contributed by atoms with Crippen LogP contribution in [0.2, 0.25) is 0 Å². The molecule has 0 aromatic carbocycles. The average Bonchev–Trinajstić information content (AvgIpc) is 2.28. The number of nitriles is 1. The molecule has 0 atom stereocenters. The molecule has 0 aliphatic rings. The van der Waals surface area contributed by atoms with E-state index < -0.39 is 0 Å². The first-order valence-electron chi connectivity index (χ1n) is 4.73. The molecule has 6 N–H and O–H groups in total. The SMILES string of the molecule is CCCN=C(N)c1nc(N)c(C#N)nc1N. The summed E-state index contributed by atoms with van der Waals surface area (Å²) in [5.41, 5.74) is 17.0. The fraction of sp³-hybridized carbons (Fsp3) is 0.333. The third-order valence-electron chi connectivity index (χ3n) is 1.80. The van der Waals surface area contributed by atoms with Crippen molar-refractivity contribution in [2.45, 2.75) is 13.3 Å². The van der Waals surface area contributed by atoms with E-state index in [1.165, 1.54) is 0 Å². The van der Waals surface area contributed by atoms with Gasteiger partial charge in [-0.1, -0.05) is 6.92 Å². The Morgan fingerprint density at radius 3 is 2.62 bits per heavy atom. The van der Waals surface area contributed by atoms with Crippen molar-refractivity contribution in [2.24, 2.45) is 10.7 Å². The Balaban J connectivity index is 3.17. The summed E-state index contributed by atoms with van der Waals surface area (Å²) in [5.74, 6) is 0.243. The topological polar surface area (TPSA) is 140 Å². The van der Waals surface area contributed by atoms with E-state index in [9.17, 15) is 0 Å². The maximum absolute atomic E-state index is 8.66. The summed E-state index contributed by atoms with van der Waals surface area (Å²) in [5, 5.41) is 8.66. The van der Waals surface area contributed by atoms with Gasteiger partial charge in [0.1, 0.15) is 17.6 Å². The van der Waals surface area contributed by atoms with Crippen molar-refractivity contribution >= 4 is 17.5 Å². The van der Waals surface area contributed by atoms with E-state index in [1.807, 2.05) is 6.92 Å². The molecule has 1 aromatic heterocycles. The van der Waals surface area contributed by atoms with Crippen molar-refractivity contribution in [1.29, 1.82) is 5.26 Å². The lowest BCUT2D eigenvalue weighted by Gasteiger charge is -2.05. The second-order valence-electron chi connectivity index (χ2n) is 3.07. The van der Waals surface area contributed by atoms with Crippen molar-refractivity contribution in [3.8, 4) is 6.07 Å². The predicted octanol–water partition coefficient (Wildman–Crippen LogP) is -0.372. The third-order valence-corrected chi connectivity index (χ3v) is 1.80. The number of hydrogen-bond acceptors (Lipinski definition) is 6. The highest BCUT2D eigenvalue weighted by atomic mass is 15.0. The molecule has 7 nitrogen and oxygen atoms in total. The normalized spacial score (nSPS) is 11.1. The van der Waals surface area contributed by atoms with Gasteiger partial charge in [0.15, 0.2) is 17.3 Å². The summed E-state index contributed by atoms with van der Waals surface area (Å²) >= 11 is 0. The zero-order valence-corrected chi connectivity index (χ0v) is 8.94. The van der Waals surface area contributed by atoms with E-state index >= 15 is 0 Å². The number of amidine groups is 1. The van der Waals surface area contributed by atoms with Crippen LogP contribution in [-0.4, -0.2) is 22.3 Å². The van der Waals surface area contributed by atoms with Gasteiger partial charge < -0.3 is 17.2 Å². The number of nitrogens with two attached hydrogens (primary N) is 3. The molecule has 1 heterocycles. The monoisotopic (exact) mass is 219 g/mol. The number of nitrogen functional groups attached to an aromatic ring is 2. The van der Waals surface area contributed by atoms with Gasteiger partial charge in [-0.2, -0.15) is 5.26 Å². The molecule has 1 rings (SSSR count). The molecular formula is C9H13N7. The molecule has 0 saturated carbocycles. The van der Waals surface area contributed by atoms with Crippen LogP contribution in [0.5, 0.6) is 0 Å². The van der Waals surface area contributed by atoms with Gasteiger partial charge in [0.2, 0.25) is 0 Å². The maximum Gasteiger partial charge on any atom is 0.184 e. The van der Waals surface area contributed by atoms with E-state index in [0.717, 1.165) is 6.42 Å². The number of anilines is 2. The first kappa shape index (κ1) is 11.7. The molecule has 0 amide bonds. The Morgan fingerprint density at radius 1 is 1.38 bits per heavy atom. The van der Waals surface area contributed by atoms with Crippen LogP contribution in [0.15, 0.2) is 4.99 Å². The Kier molecular flexibility index (Phi) is 3.61. The number of hydrogen-bond donors (Lipinski definition) is 3. The first-order valence-corrected chi connectivity index (χ1v) is 4.73. The van der Waals surface area contributed by atoms with Crippen LogP contribution >= 0.6 is 0 Å². The Morgan fingerprint density at radius 2 is 2.06 bits per heavy atom. The minimum atomic E-state index is -0.00968. The van der Waals surface area contributed by atoms with Crippen LogP contribution in [0.3, 0.4) is 0 Å². The zero-order valence-electron chi connectivity index (χ0n) is 8.94. The van der Waals surface area contributed by atoms with Crippen LogP contribution in [-0.2, 0) is 0 Å². The molecule has 0 radical (unpaired) electrons. The quantitative estimate of drug-likeness (QED) is 0.468. The summed E-state index contributed by atoms with van der Waals surface area (Å²) < 4.78 is 0. The smallest absolute Gasteiger partial charge is 0.184 e. The van der Waals surface area contributed by atoms with Gasteiger partial charge in [0, 0.05) is 6.54 Å². The second-order valence-corrected chi connectivity index (χ2v) is 3.07. The minimum absolute atomic E-state index is 0.00125. The molecule has 84 valence electrons. The van der Waals surface area contributed by atoms with E-state index in [-0.39, 0.29) is 28.9 Å². The largest absolute Gasteiger partial charge is 0.382 e. The predicted molar refractivity (Wildman–Crippen MR) is 61.5 cm³/mol. The van der Waals surface area contributed by atoms with Gasteiger partial charge >= 0.3 is 0 Å². The Hall–Kier alpha value is -2.36. The van der Waals surface area contributed by atoms with Crippen molar-refractivity contribution in [3.63, 3.8) is 0 Å². The molecule has 0 spiro atoms. The lowest BCUT2D eigenvalue weighted by atomic mass is 10.3. The lowest BCUT2D eigenvalue weighted by Crippen LogP contribution is -2.20. The molecule has 0 aliphatic heterocycles. The van der Waals surface area contributed by atoms with Crippen LogP contribution in [0.1, 0.15) is 24.7 Å². The van der Waals surface area contributed by atoms with Crippen molar-refractivity contribution in [2.75, 3.05) is 18.0 Å². The van der Waals surface area contributed by atoms with Gasteiger partial charge in [-0.15, -0.1) is 0 Å². The molecule has 0 unspecified atom stereocenters. The first-order chi connectivity index (χ1) is 7.60. The van der Waals surface area contributed by atoms with Crippen molar-refractivity contribution < 1.29 is 0 Å². The summed E-state index contributed by atoms with van der Waals surface area (Å²) in [7, 11) is 0. The van der Waals surface area contributed by atoms with Crippen LogP contribution < -0.4 is 17.2 Å². The number of rotatable bonds is 3. The molecule has 0 aliphatic carbocycles. The van der Waals surface area contributed by atoms with Gasteiger partial charge in [-0.05, 0) is 6.42 Å². The van der Waals surface area contributed by atoms with E-state index in [4.69, 9.17) is 22.5 Å². The molecule has 0 fully saturated rings. The van der Waals surface area contributed by atoms with Gasteiger partial charge in [-0.25, -0.2) is 9.97 Å². The van der Waals surface area contributed by atoms with Crippen LogP contribution in [0.4, 0.5) is 11.6 Å². The maximum atomic E-state index is 8.66. The van der Waals surface area contributed by atoms with Crippen molar-refractivity contribution in [3.05, 3.63) is 11.4 Å². The molecule has 0 bridgehead atoms. The highest BCUT2D eigenvalue weighted by molar-refractivity contribution is 5.99. The van der Waals surface area contributed by atoms with E-state index in [2.05, 4.69) is 15.0 Å². The minimum Gasteiger partial charge on any atom is -0.382 e. The average molecular weight is 219 g/mol. The fourth-order valence-electron chi connectivity index (χ4n) is 1.04. The van der Waals surface area contributed by atoms with Gasteiger partial charge in [-0.3, -0.25) is 4.99 Å². The van der Waals surface area contributed by atoms with Crippen molar-refractivity contribution in [1.82, 2.24) is 9.97 Å². The molecule has 7 heteroatoms. The van der Waals surface area contributed by atoms with E-state index in [0.29, 0.717) is 6.54 Å². The zero-order chi connectivity index (χ0) is 12.1. The Labute approximate surface area is 93.0 Å². The van der Waals surface area contributed by atoms with Crippen LogP contribution in [0.25, 0.3) is 0 Å². The second kappa shape index (κ2) is 4.93. The number of aromatic nitrogens is 2. The standard InChI is InChI=1S/C9H13N7/c1-2-3-14-8(12)6-9(13)15-5(4-10)7(11)16-6/h2-3H2,1H3,(H2,11,16)(H2,12,14)(H2,13,15). The lowest BCUT2D eigenvalue weighted by molar-refractivity contribution is 0.928. The third kappa shape index (κ3) is 2.36. The van der Waals surface area contributed by atoms with Crippen LogP contribution in [0, 0.1) is 11.3 Å². The number of nitrogens with zero attached hydrogens (tertiary/aromatic N) is 4. The van der Waals surface area contributed by atoms with E-state index in [1.54, 1.807) is 6.07 Å². The molecule has 0 saturated heterocycles. The summed E-state index contributed by atoms with van der Waals surface area (Å²) in [6.45, 7) is 2.55. The molecular weight excluding hydrogens is 206 g/mol. The highest BCUT2D eigenvalue weighted by Crippen LogP contribution is 2.11. The highest BCUT2D eigenvalue weighted by Gasteiger charge is 2.11. The summed E-state index contributed by atoms with van der Waals surface area (Å²) in [4.78, 5) is 11.7. The van der Waals surface area contributed by atoms with Gasteiger partial charge in [0.25, 0.3) is 0 Å². The Bertz CT molecular complexity index is 458. The number of aliphatic imine (C=N–C) groups is 1. The fourth-order valence-corrected chi connectivity index (χ4v) is 1.04. The summed E-state index contributed by atoms with van der Waals surface area (Å²) in [6, 6.07) is 1.79. The molecule has 1 aromatic rings. The van der Waals surface area contributed by atoms with Gasteiger partial charge in [0.05, 0.1) is 0 Å². The summed E-state index contributed by atoms with van der Waals surface area (Å²) in [6.07, 6.45) is 0.861.